The number of allylic oxidation sites excluding steroid dienone is 2. The van der Waals surface area contributed by atoms with Gasteiger partial charge < -0.3 is 9.64 Å². The number of nitrogens with zero attached hydrogens (tertiary/aromatic N) is 1. The van der Waals surface area contributed by atoms with Gasteiger partial charge >= 0.3 is 0 Å². The predicted molar refractivity (Wildman–Crippen MR) is 62.0 cm³/mol. The Balaban J connectivity index is 0.000000791. The summed E-state index contributed by atoms with van der Waals surface area (Å²) in [6.07, 6.45) is 3.55. The number of ether oxygens (including phenoxy) is 1. The highest BCUT2D eigenvalue weighted by molar-refractivity contribution is 5.27. The molecular formula is C12H21NO. The fraction of sp³-hybridized carbons (Fsp3) is 0.500. The molecule has 0 spiro atoms. The maximum absolute atomic E-state index is 5.41. The Morgan fingerprint density at radius 2 is 2.00 bits per heavy atom. The van der Waals surface area contributed by atoms with Crippen molar-refractivity contribution in [2.45, 2.75) is 20.8 Å². The van der Waals surface area contributed by atoms with Crippen LogP contribution >= 0.6 is 0 Å². The molecule has 0 aliphatic carbocycles. The number of rotatable bonds is 3. The zero-order valence-electron chi connectivity index (χ0n) is 9.55. The molecular weight excluding hydrogens is 174 g/mol. The first-order chi connectivity index (χ1) is 6.83. The van der Waals surface area contributed by atoms with E-state index < -0.39 is 0 Å². The molecule has 0 saturated carbocycles. The topological polar surface area (TPSA) is 12.5 Å². The normalized spacial score (nSPS) is 15.2. The van der Waals surface area contributed by atoms with E-state index in [0.717, 1.165) is 31.2 Å². The Bertz CT molecular complexity index is 218. The molecule has 80 valence electrons. The third-order valence-electron chi connectivity index (χ3n) is 1.97. The summed E-state index contributed by atoms with van der Waals surface area (Å²) in [6, 6.07) is 0. The van der Waals surface area contributed by atoms with E-state index in [1.165, 1.54) is 0 Å². The molecule has 0 amide bonds. The standard InChI is InChI=1S/C10H15NO.C2H6/c1-4-9-10(5-2)12-8-7-11(9)6-3;1-2/h4-5H,1-2,6-8H2,3H3;1-2H3. The van der Waals surface area contributed by atoms with Crippen molar-refractivity contribution in [3.05, 3.63) is 36.8 Å². The lowest BCUT2D eigenvalue weighted by Crippen LogP contribution is -2.31. The molecule has 0 N–H and O–H groups in total. The van der Waals surface area contributed by atoms with E-state index in [2.05, 4.69) is 25.0 Å². The Morgan fingerprint density at radius 1 is 1.36 bits per heavy atom. The SMILES string of the molecule is C=CC1=C(C=C)N(CC)CCO1.CC. The molecule has 0 saturated heterocycles. The van der Waals surface area contributed by atoms with Gasteiger partial charge in [-0.05, 0) is 19.1 Å². The van der Waals surface area contributed by atoms with Gasteiger partial charge in [-0.25, -0.2) is 0 Å². The average Bonchev–Trinajstić information content (AvgIpc) is 2.30. The molecule has 2 heteroatoms. The van der Waals surface area contributed by atoms with E-state index in [-0.39, 0.29) is 0 Å². The molecule has 0 aromatic heterocycles. The summed E-state index contributed by atoms with van der Waals surface area (Å²) in [5.41, 5.74) is 1.05. The maximum Gasteiger partial charge on any atom is 0.142 e. The molecule has 1 aliphatic rings. The highest BCUT2D eigenvalue weighted by Crippen LogP contribution is 2.17. The maximum atomic E-state index is 5.41. The molecule has 0 atom stereocenters. The van der Waals surface area contributed by atoms with Crippen molar-refractivity contribution in [1.29, 1.82) is 0 Å². The lowest BCUT2D eigenvalue weighted by atomic mass is 10.2. The summed E-state index contributed by atoms with van der Waals surface area (Å²) in [4.78, 5) is 2.23. The zero-order valence-corrected chi connectivity index (χ0v) is 9.55. The molecule has 0 aromatic rings. The van der Waals surface area contributed by atoms with Crippen LogP contribution in [0.15, 0.2) is 36.8 Å². The molecule has 1 aliphatic heterocycles. The fourth-order valence-electron chi connectivity index (χ4n) is 1.34. The second-order valence-corrected chi connectivity index (χ2v) is 2.59. The first-order valence-electron chi connectivity index (χ1n) is 5.20. The minimum absolute atomic E-state index is 0.743. The van der Waals surface area contributed by atoms with Gasteiger partial charge in [0.2, 0.25) is 0 Å². The molecule has 0 unspecified atom stereocenters. The Hall–Kier alpha value is -1.18. The van der Waals surface area contributed by atoms with Crippen molar-refractivity contribution < 1.29 is 4.74 Å². The number of hydrogen-bond acceptors (Lipinski definition) is 2. The lowest BCUT2D eigenvalue weighted by Gasteiger charge is -2.30. The van der Waals surface area contributed by atoms with Crippen LogP contribution < -0.4 is 0 Å². The molecule has 0 radical (unpaired) electrons. The lowest BCUT2D eigenvalue weighted by molar-refractivity contribution is 0.146. The zero-order chi connectivity index (χ0) is 11.0. The molecule has 0 bridgehead atoms. The smallest absolute Gasteiger partial charge is 0.142 e. The molecule has 14 heavy (non-hydrogen) atoms. The first-order valence-corrected chi connectivity index (χ1v) is 5.20. The van der Waals surface area contributed by atoms with Gasteiger partial charge in [-0.1, -0.05) is 27.0 Å². The van der Waals surface area contributed by atoms with Gasteiger partial charge in [-0.2, -0.15) is 0 Å². The van der Waals surface area contributed by atoms with Crippen molar-refractivity contribution in [2.75, 3.05) is 19.7 Å². The second kappa shape index (κ2) is 7.25. The van der Waals surface area contributed by atoms with Crippen LogP contribution in [0.25, 0.3) is 0 Å². The predicted octanol–water partition coefficient (Wildman–Crippen LogP) is 2.95. The average molecular weight is 195 g/mol. The van der Waals surface area contributed by atoms with E-state index in [9.17, 15) is 0 Å². The van der Waals surface area contributed by atoms with Gasteiger partial charge in [0, 0.05) is 6.54 Å². The van der Waals surface area contributed by atoms with Crippen LogP contribution in [0.2, 0.25) is 0 Å². The van der Waals surface area contributed by atoms with Crippen molar-refractivity contribution in [3.63, 3.8) is 0 Å². The minimum Gasteiger partial charge on any atom is -0.490 e. The van der Waals surface area contributed by atoms with Crippen molar-refractivity contribution in [1.82, 2.24) is 4.90 Å². The highest BCUT2D eigenvalue weighted by atomic mass is 16.5. The van der Waals surface area contributed by atoms with E-state index in [1.807, 2.05) is 19.9 Å². The van der Waals surface area contributed by atoms with E-state index in [0.29, 0.717) is 0 Å². The van der Waals surface area contributed by atoms with Gasteiger partial charge in [-0.15, -0.1) is 0 Å². The van der Waals surface area contributed by atoms with Crippen LogP contribution in [0.3, 0.4) is 0 Å². The van der Waals surface area contributed by atoms with Crippen molar-refractivity contribution in [3.8, 4) is 0 Å². The summed E-state index contributed by atoms with van der Waals surface area (Å²) in [5, 5.41) is 0. The Kier molecular flexibility index (Phi) is 6.63. The van der Waals surface area contributed by atoms with Gasteiger partial charge in [0.15, 0.2) is 0 Å². The third kappa shape index (κ3) is 2.95. The Morgan fingerprint density at radius 3 is 2.43 bits per heavy atom. The molecule has 0 aromatic carbocycles. The van der Waals surface area contributed by atoms with E-state index >= 15 is 0 Å². The molecule has 1 rings (SSSR count). The summed E-state index contributed by atoms with van der Waals surface area (Å²) in [7, 11) is 0. The van der Waals surface area contributed by atoms with Gasteiger partial charge in [0.05, 0.1) is 12.2 Å². The largest absolute Gasteiger partial charge is 0.490 e. The van der Waals surface area contributed by atoms with Gasteiger partial charge in [0.1, 0.15) is 12.4 Å². The van der Waals surface area contributed by atoms with Crippen LogP contribution in [0.1, 0.15) is 20.8 Å². The molecule has 2 nitrogen and oxygen atoms in total. The van der Waals surface area contributed by atoms with Crippen LogP contribution in [0.5, 0.6) is 0 Å². The van der Waals surface area contributed by atoms with Gasteiger partial charge in [0.25, 0.3) is 0 Å². The summed E-state index contributed by atoms with van der Waals surface area (Å²) in [6.45, 7) is 16.2. The number of likely N-dealkylation sites (N-methyl/N-ethyl adjacent to an activating group) is 1. The van der Waals surface area contributed by atoms with Crippen LogP contribution in [-0.4, -0.2) is 24.6 Å². The second-order valence-electron chi connectivity index (χ2n) is 2.59. The summed E-state index contributed by atoms with van der Waals surface area (Å²) >= 11 is 0. The fourth-order valence-corrected chi connectivity index (χ4v) is 1.34. The van der Waals surface area contributed by atoms with E-state index in [4.69, 9.17) is 4.74 Å². The third-order valence-corrected chi connectivity index (χ3v) is 1.97. The summed E-state index contributed by atoms with van der Waals surface area (Å²) in [5.74, 6) is 0.845. The van der Waals surface area contributed by atoms with Crippen LogP contribution in [-0.2, 0) is 4.74 Å². The van der Waals surface area contributed by atoms with E-state index in [1.54, 1.807) is 6.08 Å². The van der Waals surface area contributed by atoms with Crippen LogP contribution in [0.4, 0.5) is 0 Å². The van der Waals surface area contributed by atoms with Crippen molar-refractivity contribution in [2.24, 2.45) is 0 Å². The monoisotopic (exact) mass is 195 g/mol. The van der Waals surface area contributed by atoms with Crippen LogP contribution in [0, 0.1) is 0 Å². The highest BCUT2D eigenvalue weighted by Gasteiger charge is 2.14. The van der Waals surface area contributed by atoms with Crippen molar-refractivity contribution >= 4 is 0 Å². The molecule has 1 heterocycles. The minimum atomic E-state index is 0.743. The first kappa shape index (κ1) is 12.8. The Labute approximate surface area is 87.6 Å². The molecule has 0 fully saturated rings. The quantitative estimate of drug-likeness (QED) is 0.686. The number of hydrogen-bond donors (Lipinski definition) is 0. The van der Waals surface area contributed by atoms with Gasteiger partial charge in [-0.3, -0.25) is 0 Å². The summed E-state index contributed by atoms with van der Waals surface area (Å²) < 4.78 is 5.41.